The van der Waals surface area contributed by atoms with Crippen LogP contribution in [0, 0.1) is 5.82 Å². The maximum absolute atomic E-state index is 12.8. The second kappa shape index (κ2) is 4.47. The number of anilines is 1. The van der Waals surface area contributed by atoms with Crippen LogP contribution in [0.4, 0.5) is 10.1 Å². The van der Waals surface area contributed by atoms with Crippen molar-refractivity contribution in [1.82, 2.24) is 0 Å². The fourth-order valence-corrected chi connectivity index (χ4v) is 1.45. The van der Waals surface area contributed by atoms with Gasteiger partial charge in [-0.05, 0) is 32.0 Å². The van der Waals surface area contributed by atoms with Gasteiger partial charge in [0.15, 0.2) is 0 Å². The summed E-state index contributed by atoms with van der Waals surface area (Å²) in [6.45, 7) is 5.92. The number of rotatable bonds is 3. The van der Waals surface area contributed by atoms with Crippen molar-refractivity contribution in [2.45, 2.75) is 13.8 Å². The Hall–Kier alpha value is -0.760. The van der Waals surface area contributed by atoms with Crippen molar-refractivity contribution in [1.29, 1.82) is 0 Å². The van der Waals surface area contributed by atoms with Gasteiger partial charge in [0.25, 0.3) is 0 Å². The zero-order valence-electron chi connectivity index (χ0n) is 7.85. The molecule has 0 aliphatic carbocycles. The minimum Gasteiger partial charge on any atom is -0.372 e. The van der Waals surface area contributed by atoms with E-state index in [1.54, 1.807) is 12.1 Å². The van der Waals surface area contributed by atoms with Crippen LogP contribution in [-0.2, 0) is 0 Å². The standard InChI is InChI=1S/C10H13ClFN/c1-3-13(4-2)8-5-6-10(12)9(11)7-8/h5-7H,3-4H2,1-2H3. The monoisotopic (exact) mass is 201 g/mol. The molecule has 0 bridgehead atoms. The SMILES string of the molecule is CCN(CC)c1ccc(F)c(Cl)c1. The van der Waals surface area contributed by atoms with Crippen LogP contribution in [0.15, 0.2) is 18.2 Å². The minimum absolute atomic E-state index is 0.185. The molecule has 3 heteroatoms. The Morgan fingerprint density at radius 2 is 1.92 bits per heavy atom. The van der Waals surface area contributed by atoms with Gasteiger partial charge >= 0.3 is 0 Å². The highest BCUT2D eigenvalue weighted by Gasteiger charge is 2.04. The quantitative estimate of drug-likeness (QED) is 0.725. The van der Waals surface area contributed by atoms with E-state index in [-0.39, 0.29) is 10.8 Å². The highest BCUT2D eigenvalue weighted by atomic mass is 35.5. The summed E-state index contributed by atoms with van der Waals surface area (Å²) in [7, 11) is 0. The summed E-state index contributed by atoms with van der Waals surface area (Å²) < 4.78 is 12.8. The third kappa shape index (κ3) is 2.34. The van der Waals surface area contributed by atoms with Gasteiger partial charge in [0, 0.05) is 18.8 Å². The molecular weight excluding hydrogens is 189 g/mol. The molecule has 1 rings (SSSR count). The van der Waals surface area contributed by atoms with Gasteiger partial charge in [-0.1, -0.05) is 11.6 Å². The topological polar surface area (TPSA) is 3.24 Å². The lowest BCUT2D eigenvalue weighted by atomic mass is 10.3. The van der Waals surface area contributed by atoms with Crippen molar-refractivity contribution >= 4 is 17.3 Å². The average molecular weight is 202 g/mol. The summed E-state index contributed by atoms with van der Waals surface area (Å²) in [5.41, 5.74) is 0.969. The number of halogens is 2. The lowest BCUT2D eigenvalue weighted by Gasteiger charge is -2.20. The van der Waals surface area contributed by atoms with Crippen LogP contribution in [0.2, 0.25) is 5.02 Å². The molecule has 0 amide bonds. The molecule has 0 saturated heterocycles. The largest absolute Gasteiger partial charge is 0.372 e. The molecule has 0 fully saturated rings. The van der Waals surface area contributed by atoms with Gasteiger partial charge < -0.3 is 4.90 Å². The second-order valence-electron chi connectivity index (χ2n) is 2.77. The maximum Gasteiger partial charge on any atom is 0.141 e. The molecular formula is C10H13ClFN. The highest BCUT2D eigenvalue weighted by molar-refractivity contribution is 6.31. The van der Waals surface area contributed by atoms with Crippen LogP contribution in [0.5, 0.6) is 0 Å². The number of benzene rings is 1. The van der Waals surface area contributed by atoms with Gasteiger partial charge in [0.1, 0.15) is 5.82 Å². The first-order valence-corrected chi connectivity index (χ1v) is 4.76. The normalized spacial score (nSPS) is 10.2. The van der Waals surface area contributed by atoms with E-state index in [1.807, 2.05) is 0 Å². The first kappa shape index (κ1) is 10.3. The Morgan fingerprint density at radius 1 is 1.31 bits per heavy atom. The van der Waals surface area contributed by atoms with Gasteiger partial charge in [-0.25, -0.2) is 4.39 Å². The molecule has 0 atom stereocenters. The molecule has 1 nitrogen and oxygen atoms in total. The first-order chi connectivity index (χ1) is 6.19. The first-order valence-electron chi connectivity index (χ1n) is 4.39. The van der Waals surface area contributed by atoms with Crippen LogP contribution in [0.1, 0.15) is 13.8 Å². The molecule has 0 spiro atoms. The number of hydrogen-bond acceptors (Lipinski definition) is 1. The zero-order valence-corrected chi connectivity index (χ0v) is 8.61. The molecule has 0 aliphatic rings. The van der Waals surface area contributed by atoms with Gasteiger partial charge in [0.05, 0.1) is 5.02 Å². The minimum atomic E-state index is -0.363. The molecule has 13 heavy (non-hydrogen) atoms. The Labute approximate surface area is 83.1 Å². The third-order valence-corrected chi connectivity index (χ3v) is 2.32. The highest BCUT2D eigenvalue weighted by Crippen LogP contribution is 2.22. The summed E-state index contributed by atoms with van der Waals surface area (Å²) >= 11 is 5.67. The Kier molecular flexibility index (Phi) is 3.55. The number of hydrogen-bond donors (Lipinski definition) is 0. The Morgan fingerprint density at radius 3 is 2.38 bits per heavy atom. The van der Waals surface area contributed by atoms with E-state index in [2.05, 4.69) is 18.7 Å². The zero-order chi connectivity index (χ0) is 9.84. The van der Waals surface area contributed by atoms with E-state index < -0.39 is 0 Å². The van der Waals surface area contributed by atoms with E-state index in [0.717, 1.165) is 18.8 Å². The van der Waals surface area contributed by atoms with Crippen LogP contribution in [0.3, 0.4) is 0 Å². The predicted octanol–water partition coefficient (Wildman–Crippen LogP) is 3.33. The van der Waals surface area contributed by atoms with E-state index in [0.29, 0.717) is 0 Å². The van der Waals surface area contributed by atoms with Crippen molar-refractivity contribution in [2.75, 3.05) is 18.0 Å². The molecule has 0 saturated carbocycles. The van der Waals surface area contributed by atoms with Gasteiger partial charge in [-0.2, -0.15) is 0 Å². The van der Waals surface area contributed by atoms with Crippen LogP contribution >= 0.6 is 11.6 Å². The summed E-state index contributed by atoms with van der Waals surface area (Å²) in [5.74, 6) is -0.363. The third-order valence-electron chi connectivity index (χ3n) is 2.03. The summed E-state index contributed by atoms with van der Waals surface area (Å²) in [6, 6.07) is 4.80. The summed E-state index contributed by atoms with van der Waals surface area (Å²) in [4.78, 5) is 2.12. The van der Waals surface area contributed by atoms with Crippen LogP contribution < -0.4 is 4.90 Å². The molecule has 0 aliphatic heterocycles. The smallest absolute Gasteiger partial charge is 0.141 e. The van der Waals surface area contributed by atoms with Crippen LogP contribution in [0.25, 0.3) is 0 Å². The molecule has 0 aromatic heterocycles. The van der Waals surface area contributed by atoms with Crippen molar-refractivity contribution in [2.24, 2.45) is 0 Å². The Balaban J connectivity index is 2.95. The summed E-state index contributed by atoms with van der Waals surface area (Å²) in [5, 5.41) is 0.185. The predicted molar refractivity (Wildman–Crippen MR) is 55.0 cm³/mol. The fourth-order valence-electron chi connectivity index (χ4n) is 1.27. The lowest BCUT2D eigenvalue weighted by Crippen LogP contribution is -2.21. The van der Waals surface area contributed by atoms with E-state index in [9.17, 15) is 4.39 Å². The molecule has 1 aromatic rings. The molecule has 1 aromatic carbocycles. The molecule has 0 heterocycles. The van der Waals surface area contributed by atoms with E-state index in [1.165, 1.54) is 6.07 Å². The maximum atomic E-state index is 12.8. The summed E-state index contributed by atoms with van der Waals surface area (Å²) in [6.07, 6.45) is 0. The molecule has 0 unspecified atom stereocenters. The van der Waals surface area contributed by atoms with Gasteiger partial charge in [-0.15, -0.1) is 0 Å². The second-order valence-corrected chi connectivity index (χ2v) is 3.18. The van der Waals surface area contributed by atoms with Crippen molar-refractivity contribution in [3.05, 3.63) is 29.0 Å². The average Bonchev–Trinajstić information content (AvgIpc) is 2.13. The number of nitrogens with zero attached hydrogens (tertiary/aromatic N) is 1. The van der Waals surface area contributed by atoms with E-state index in [4.69, 9.17) is 11.6 Å². The van der Waals surface area contributed by atoms with Crippen molar-refractivity contribution < 1.29 is 4.39 Å². The van der Waals surface area contributed by atoms with Gasteiger partial charge in [0.2, 0.25) is 0 Å². The molecule has 0 radical (unpaired) electrons. The fraction of sp³-hybridized carbons (Fsp3) is 0.400. The Bertz CT molecular complexity index is 284. The molecule has 72 valence electrons. The van der Waals surface area contributed by atoms with Crippen LogP contribution in [-0.4, -0.2) is 13.1 Å². The van der Waals surface area contributed by atoms with Crippen molar-refractivity contribution in [3.8, 4) is 0 Å². The van der Waals surface area contributed by atoms with E-state index >= 15 is 0 Å². The van der Waals surface area contributed by atoms with Gasteiger partial charge in [-0.3, -0.25) is 0 Å². The van der Waals surface area contributed by atoms with Crippen molar-refractivity contribution in [3.63, 3.8) is 0 Å². The molecule has 0 N–H and O–H groups in total. The lowest BCUT2D eigenvalue weighted by molar-refractivity contribution is 0.628.